The summed E-state index contributed by atoms with van der Waals surface area (Å²) in [7, 11) is 3.46. The number of esters is 1. The van der Waals surface area contributed by atoms with Crippen molar-refractivity contribution in [1.29, 1.82) is 0 Å². The van der Waals surface area contributed by atoms with Gasteiger partial charge in [-0.25, -0.2) is 0 Å². The van der Waals surface area contributed by atoms with Gasteiger partial charge >= 0.3 is 5.97 Å². The Kier molecular flexibility index (Phi) is 22.8. The minimum atomic E-state index is -0.762. The van der Waals surface area contributed by atoms with Crippen molar-refractivity contribution in [2.75, 3.05) is 45.7 Å². The average molecular weight is 764 g/mol. The van der Waals surface area contributed by atoms with Gasteiger partial charge in [-0.3, -0.25) is 28.9 Å². The van der Waals surface area contributed by atoms with Crippen LogP contribution in [0.3, 0.4) is 0 Å². The summed E-state index contributed by atoms with van der Waals surface area (Å²) >= 11 is 0. The molecule has 2 saturated heterocycles. The minimum Gasteiger partial charge on any atom is -0.469 e. The van der Waals surface area contributed by atoms with Crippen LogP contribution in [0.1, 0.15) is 110 Å². The van der Waals surface area contributed by atoms with Gasteiger partial charge in [-0.1, -0.05) is 88.6 Å². The number of para-hydroxylation sites is 1. The number of benzene rings is 2. The standard InChI is InChI=1S/C21H30N4O4.C12H25N.C11H14O2/c1-15(27)20(23-16(2)28)12-21(29)25-10-8-18(9-11-25)24(3)13-17-6-4-5-7-19(17)22-14-26;1-3-8-12(9-4-2)13-10-6-5-7-11-13;1-9(11(12)13-2)8-10-6-4-3-5-7-10/h4-7,14,18,20H,8-13H2,1-3H3,(H,22,26)(H,23,28);12H,3-11H2,1-2H3;3-7,9H,8H2,1-2H3. The molecule has 0 saturated carbocycles. The maximum Gasteiger partial charge on any atom is 0.308 e. The number of ketones is 1. The Morgan fingerprint density at radius 2 is 1.49 bits per heavy atom. The van der Waals surface area contributed by atoms with Gasteiger partial charge in [0.05, 0.1) is 25.5 Å². The van der Waals surface area contributed by atoms with E-state index in [4.69, 9.17) is 0 Å². The maximum atomic E-state index is 12.5. The van der Waals surface area contributed by atoms with E-state index in [1.165, 1.54) is 84.6 Å². The summed E-state index contributed by atoms with van der Waals surface area (Å²) in [6.07, 6.45) is 12.9. The molecule has 2 fully saturated rings. The monoisotopic (exact) mass is 764 g/mol. The predicted octanol–water partition coefficient (Wildman–Crippen LogP) is 6.64. The lowest BCUT2D eigenvalue weighted by molar-refractivity contribution is -0.144. The average Bonchev–Trinajstić information content (AvgIpc) is 3.19. The summed E-state index contributed by atoms with van der Waals surface area (Å²) in [6.45, 7) is 13.9. The third-order valence-corrected chi connectivity index (χ3v) is 10.5. The van der Waals surface area contributed by atoms with Crippen LogP contribution in [0.5, 0.6) is 0 Å². The van der Waals surface area contributed by atoms with Crippen molar-refractivity contribution in [3.63, 3.8) is 0 Å². The number of hydrogen-bond donors (Lipinski definition) is 2. The molecule has 0 aromatic heterocycles. The Morgan fingerprint density at radius 1 is 0.891 bits per heavy atom. The summed E-state index contributed by atoms with van der Waals surface area (Å²) in [5.74, 6) is -0.856. The second-order valence-corrected chi connectivity index (χ2v) is 15.0. The first-order valence-electron chi connectivity index (χ1n) is 20.3. The number of piperidine rings is 2. The molecule has 0 aliphatic carbocycles. The Hall–Kier alpha value is -4.09. The van der Waals surface area contributed by atoms with E-state index in [1.54, 1.807) is 4.90 Å². The minimum absolute atomic E-state index is 0.000158. The third-order valence-electron chi connectivity index (χ3n) is 10.5. The van der Waals surface area contributed by atoms with E-state index in [0.29, 0.717) is 32.1 Å². The number of rotatable bonds is 17. The Labute approximate surface area is 330 Å². The Morgan fingerprint density at radius 3 is 2.04 bits per heavy atom. The molecule has 4 rings (SSSR count). The topological polar surface area (TPSA) is 128 Å². The van der Waals surface area contributed by atoms with Gasteiger partial charge in [0.1, 0.15) is 0 Å². The second kappa shape index (κ2) is 26.7. The number of methoxy groups -OCH3 is 1. The molecule has 11 nitrogen and oxygen atoms in total. The highest BCUT2D eigenvalue weighted by atomic mass is 16.5. The summed E-state index contributed by atoms with van der Waals surface area (Å²) in [5.41, 5.74) is 3.01. The molecule has 2 aromatic rings. The zero-order valence-electron chi connectivity index (χ0n) is 34.7. The Balaban J connectivity index is 0.000000331. The lowest BCUT2D eigenvalue weighted by atomic mass is 10.0. The van der Waals surface area contributed by atoms with Gasteiger partial charge in [0.15, 0.2) is 5.78 Å². The second-order valence-electron chi connectivity index (χ2n) is 15.0. The number of hydrogen-bond acceptors (Lipinski definition) is 8. The number of carbonyl (C=O) groups is 5. The fourth-order valence-corrected chi connectivity index (χ4v) is 7.37. The van der Waals surface area contributed by atoms with Gasteiger partial charge in [-0.05, 0) is 89.2 Å². The van der Waals surface area contributed by atoms with Crippen molar-refractivity contribution >= 4 is 35.7 Å². The van der Waals surface area contributed by atoms with Crippen LogP contribution >= 0.6 is 0 Å². The van der Waals surface area contributed by atoms with E-state index < -0.39 is 6.04 Å². The number of amides is 3. The molecule has 0 bridgehead atoms. The maximum absolute atomic E-state index is 12.5. The van der Waals surface area contributed by atoms with Crippen molar-refractivity contribution in [1.82, 2.24) is 20.0 Å². The lowest BCUT2D eigenvalue weighted by Crippen LogP contribution is -2.48. The molecule has 2 aliphatic rings. The van der Waals surface area contributed by atoms with E-state index >= 15 is 0 Å². The van der Waals surface area contributed by atoms with E-state index in [1.807, 2.05) is 68.6 Å². The first-order valence-corrected chi connectivity index (χ1v) is 20.3. The molecule has 2 atom stereocenters. The molecule has 0 spiro atoms. The first-order chi connectivity index (χ1) is 26.4. The highest BCUT2D eigenvalue weighted by molar-refractivity contribution is 5.91. The molecule has 3 amide bonds. The highest BCUT2D eigenvalue weighted by Gasteiger charge is 2.28. The molecule has 55 heavy (non-hydrogen) atoms. The van der Waals surface area contributed by atoms with Crippen LogP contribution in [0.4, 0.5) is 5.69 Å². The van der Waals surface area contributed by atoms with E-state index in [0.717, 1.165) is 36.6 Å². The molecule has 2 unspecified atom stereocenters. The van der Waals surface area contributed by atoms with Crippen LogP contribution in [0.2, 0.25) is 0 Å². The molecule has 2 heterocycles. The van der Waals surface area contributed by atoms with E-state index in [-0.39, 0.29) is 35.9 Å². The van der Waals surface area contributed by atoms with Crippen LogP contribution in [0.15, 0.2) is 54.6 Å². The number of nitrogens with one attached hydrogen (secondary N) is 2. The summed E-state index contributed by atoms with van der Waals surface area (Å²) in [5, 5.41) is 5.27. The molecular formula is C44H69N5O6. The lowest BCUT2D eigenvalue weighted by Gasteiger charge is -2.37. The molecule has 306 valence electrons. The number of ether oxygens (including phenoxy) is 1. The predicted molar refractivity (Wildman–Crippen MR) is 220 cm³/mol. The van der Waals surface area contributed by atoms with Gasteiger partial charge in [0.2, 0.25) is 18.2 Å². The summed E-state index contributed by atoms with van der Waals surface area (Å²) in [6, 6.07) is 18.1. The molecule has 2 aliphatic heterocycles. The normalized spacial score (nSPS) is 15.8. The summed E-state index contributed by atoms with van der Waals surface area (Å²) in [4.78, 5) is 64.1. The number of nitrogens with zero attached hydrogens (tertiary/aromatic N) is 3. The zero-order valence-corrected chi connectivity index (χ0v) is 34.7. The Bertz CT molecular complexity index is 1420. The third kappa shape index (κ3) is 17.9. The van der Waals surface area contributed by atoms with Crippen molar-refractivity contribution < 1.29 is 28.7 Å². The molecule has 2 N–H and O–H groups in total. The van der Waals surface area contributed by atoms with Crippen molar-refractivity contribution in [2.24, 2.45) is 5.92 Å². The molecule has 2 aromatic carbocycles. The van der Waals surface area contributed by atoms with Crippen LogP contribution in [0, 0.1) is 5.92 Å². The van der Waals surface area contributed by atoms with Crippen LogP contribution in [-0.4, -0.2) is 103 Å². The first kappa shape index (κ1) is 47.1. The van der Waals surface area contributed by atoms with Gasteiger partial charge in [-0.15, -0.1) is 0 Å². The van der Waals surface area contributed by atoms with Crippen molar-refractivity contribution in [2.45, 2.75) is 130 Å². The highest BCUT2D eigenvalue weighted by Crippen LogP contribution is 2.22. The number of Topliss-reactive ketones (excluding diaryl/α,β-unsaturated/α-hetero) is 1. The largest absolute Gasteiger partial charge is 0.469 e. The van der Waals surface area contributed by atoms with Crippen molar-refractivity contribution in [3.8, 4) is 0 Å². The van der Waals surface area contributed by atoms with Gasteiger partial charge < -0.3 is 25.2 Å². The van der Waals surface area contributed by atoms with E-state index in [9.17, 15) is 24.0 Å². The number of anilines is 1. The number of carbonyl (C=O) groups excluding carboxylic acids is 5. The number of likely N-dealkylation sites (tertiary alicyclic amines) is 2. The van der Waals surface area contributed by atoms with Crippen LogP contribution in [-0.2, 0) is 41.7 Å². The quantitative estimate of drug-likeness (QED) is 0.136. The molecule has 0 radical (unpaired) electrons. The zero-order chi connectivity index (χ0) is 40.6. The SMILES string of the molecule is CC(=O)NC(CC(=O)N1CCC(N(C)Cc2ccccc2NC=O)CC1)C(C)=O.CCCC(CCC)N1CCCCC1.COC(=O)C(C)Cc1ccccc1. The van der Waals surface area contributed by atoms with Crippen molar-refractivity contribution in [3.05, 3.63) is 65.7 Å². The fraction of sp³-hybridized carbons (Fsp3) is 0.614. The fourth-order valence-electron chi connectivity index (χ4n) is 7.37. The smallest absolute Gasteiger partial charge is 0.308 e. The van der Waals surface area contributed by atoms with Gasteiger partial charge in [0.25, 0.3) is 0 Å². The van der Waals surface area contributed by atoms with E-state index in [2.05, 4.69) is 39.0 Å². The van der Waals surface area contributed by atoms with Crippen LogP contribution < -0.4 is 10.6 Å². The van der Waals surface area contributed by atoms with Crippen LogP contribution in [0.25, 0.3) is 0 Å². The molecule has 11 heteroatoms. The van der Waals surface area contributed by atoms with Gasteiger partial charge in [-0.2, -0.15) is 0 Å². The summed E-state index contributed by atoms with van der Waals surface area (Å²) < 4.78 is 4.65. The van der Waals surface area contributed by atoms with Gasteiger partial charge in [0, 0.05) is 44.3 Å². The molecular weight excluding hydrogens is 695 g/mol.